The van der Waals surface area contributed by atoms with Crippen LogP contribution >= 0.6 is 11.6 Å². The molecule has 0 aliphatic heterocycles. The second-order valence-electron chi connectivity index (χ2n) is 6.66. The number of ether oxygens (including phenoxy) is 2. The van der Waals surface area contributed by atoms with Crippen LogP contribution in [-0.4, -0.2) is 17.6 Å². The fourth-order valence-corrected chi connectivity index (χ4v) is 3.23. The van der Waals surface area contributed by atoms with Crippen LogP contribution in [0.25, 0.3) is 0 Å². The molecule has 5 nitrogen and oxygen atoms in total. The molecule has 29 heavy (non-hydrogen) atoms. The number of nitrogens with zero attached hydrogens (tertiary/aromatic N) is 1. The maximum Gasteiger partial charge on any atom is 0.337 e. The van der Waals surface area contributed by atoms with Crippen molar-refractivity contribution in [1.29, 1.82) is 0 Å². The summed E-state index contributed by atoms with van der Waals surface area (Å²) in [6.45, 7) is 2.63. The highest BCUT2D eigenvalue weighted by molar-refractivity contribution is 6.31. The van der Waals surface area contributed by atoms with Crippen molar-refractivity contribution in [2.24, 2.45) is 0 Å². The molecule has 0 amide bonds. The van der Waals surface area contributed by atoms with E-state index in [0.29, 0.717) is 29.2 Å². The Kier molecular flexibility index (Phi) is 6.73. The Labute approximate surface area is 174 Å². The number of pyridine rings is 1. The number of esters is 1. The van der Waals surface area contributed by atoms with Crippen molar-refractivity contribution >= 4 is 17.6 Å². The Balaban J connectivity index is 1.75. The zero-order chi connectivity index (χ0) is 20.8. The molecule has 0 N–H and O–H groups in total. The van der Waals surface area contributed by atoms with E-state index in [9.17, 15) is 9.59 Å². The maximum absolute atomic E-state index is 12.4. The van der Waals surface area contributed by atoms with Gasteiger partial charge in [0.15, 0.2) is 0 Å². The third kappa shape index (κ3) is 5.27. The molecule has 0 atom stereocenters. The lowest BCUT2D eigenvalue weighted by Gasteiger charge is -2.15. The molecule has 0 saturated carbocycles. The lowest BCUT2D eigenvalue weighted by atomic mass is 10.1. The van der Waals surface area contributed by atoms with Crippen LogP contribution in [0.5, 0.6) is 5.75 Å². The van der Waals surface area contributed by atoms with E-state index in [1.54, 1.807) is 22.8 Å². The average Bonchev–Trinajstić information content (AvgIpc) is 2.73. The smallest absolute Gasteiger partial charge is 0.337 e. The van der Waals surface area contributed by atoms with Gasteiger partial charge in [-0.3, -0.25) is 4.79 Å². The number of benzene rings is 2. The summed E-state index contributed by atoms with van der Waals surface area (Å²) in [7, 11) is 1.35. The van der Waals surface area contributed by atoms with Crippen molar-refractivity contribution < 1.29 is 14.3 Å². The van der Waals surface area contributed by atoms with E-state index in [-0.39, 0.29) is 18.1 Å². The summed E-state index contributed by atoms with van der Waals surface area (Å²) in [6.07, 6.45) is 0.610. The Bertz CT molecular complexity index is 1060. The van der Waals surface area contributed by atoms with Crippen molar-refractivity contribution in [3.05, 3.63) is 98.4 Å². The molecule has 0 radical (unpaired) electrons. The number of methoxy groups -OCH3 is 1. The summed E-state index contributed by atoms with van der Waals surface area (Å²) in [4.78, 5) is 24.0. The summed E-state index contributed by atoms with van der Waals surface area (Å²) in [5.41, 5.74) is 3.07. The first kappa shape index (κ1) is 20.7. The zero-order valence-corrected chi connectivity index (χ0v) is 17.1. The van der Waals surface area contributed by atoms with Crippen LogP contribution in [0, 0.1) is 6.92 Å². The SMILES string of the molecule is COC(=O)c1ccc(CCn2c(COc3cccc(C)c3)c(Cl)ccc2=O)cc1. The van der Waals surface area contributed by atoms with Crippen LogP contribution in [0.2, 0.25) is 5.02 Å². The molecule has 0 unspecified atom stereocenters. The van der Waals surface area contributed by atoms with Gasteiger partial charge in [-0.1, -0.05) is 35.9 Å². The molecule has 150 valence electrons. The highest BCUT2D eigenvalue weighted by Crippen LogP contribution is 2.19. The molecule has 0 aliphatic carbocycles. The van der Waals surface area contributed by atoms with Crippen LogP contribution in [0.3, 0.4) is 0 Å². The van der Waals surface area contributed by atoms with E-state index in [0.717, 1.165) is 16.9 Å². The van der Waals surface area contributed by atoms with Crippen LogP contribution in [-0.2, 0) is 24.3 Å². The van der Waals surface area contributed by atoms with Crippen molar-refractivity contribution in [1.82, 2.24) is 4.57 Å². The van der Waals surface area contributed by atoms with Crippen LogP contribution in [0.4, 0.5) is 0 Å². The second kappa shape index (κ2) is 9.43. The molecule has 0 spiro atoms. The number of hydrogen-bond acceptors (Lipinski definition) is 4. The molecule has 3 aromatic rings. The summed E-state index contributed by atoms with van der Waals surface area (Å²) in [5.74, 6) is 0.348. The van der Waals surface area contributed by atoms with Gasteiger partial charge < -0.3 is 14.0 Å². The minimum absolute atomic E-state index is 0.136. The predicted molar refractivity (Wildman–Crippen MR) is 113 cm³/mol. The first-order valence-electron chi connectivity index (χ1n) is 9.23. The molecular weight excluding hydrogens is 390 g/mol. The molecule has 0 bridgehead atoms. The fourth-order valence-electron chi connectivity index (χ4n) is 3.01. The van der Waals surface area contributed by atoms with E-state index in [1.165, 1.54) is 13.2 Å². The first-order chi connectivity index (χ1) is 14.0. The number of carbonyl (C=O) groups is 1. The van der Waals surface area contributed by atoms with Crippen molar-refractivity contribution in [3.63, 3.8) is 0 Å². The molecule has 3 rings (SSSR count). The van der Waals surface area contributed by atoms with Gasteiger partial charge in [0.25, 0.3) is 5.56 Å². The third-order valence-corrected chi connectivity index (χ3v) is 4.95. The van der Waals surface area contributed by atoms with Gasteiger partial charge in [0.2, 0.25) is 0 Å². The zero-order valence-electron chi connectivity index (χ0n) is 16.4. The van der Waals surface area contributed by atoms with E-state index in [1.807, 2.05) is 43.3 Å². The monoisotopic (exact) mass is 411 g/mol. The molecule has 1 aromatic heterocycles. The second-order valence-corrected chi connectivity index (χ2v) is 7.07. The predicted octanol–water partition coefficient (Wildman–Crippen LogP) is 4.42. The minimum Gasteiger partial charge on any atom is -0.487 e. The standard InChI is InChI=1S/C23H22ClNO4/c1-16-4-3-5-19(14-16)29-15-21-20(24)10-11-22(26)25(21)13-12-17-6-8-18(9-7-17)23(27)28-2/h3-11,14H,12-13,15H2,1-2H3. The van der Waals surface area contributed by atoms with Crippen LogP contribution < -0.4 is 10.3 Å². The van der Waals surface area contributed by atoms with Gasteiger partial charge in [-0.2, -0.15) is 0 Å². The largest absolute Gasteiger partial charge is 0.487 e. The van der Waals surface area contributed by atoms with E-state index >= 15 is 0 Å². The lowest BCUT2D eigenvalue weighted by Crippen LogP contribution is -2.25. The van der Waals surface area contributed by atoms with Gasteiger partial charge in [-0.25, -0.2) is 4.79 Å². The third-order valence-electron chi connectivity index (χ3n) is 4.60. The van der Waals surface area contributed by atoms with E-state index in [4.69, 9.17) is 21.1 Å². The van der Waals surface area contributed by atoms with Gasteiger partial charge in [0, 0.05) is 12.6 Å². The van der Waals surface area contributed by atoms with Crippen molar-refractivity contribution in [2.45, 2.75) is 26.5 Å². The number of halogens is 1. The highest BCUT2D eigenvalue weighted by Gasteiger charge is 2.11. The number of rotatable bonds is 7. The summed E-state index contributed by atoms with van der Waals surface area (Å²) in [6, 6.07) is 17.9. The molecule has 0 fully saturated rings. The van der Waals surface area contributed by atoms with E-state index < -0.39 is 0 Å². The van der Waals surface area contributed by atoms with Gasteiger partial charge in [-0.05, 0) is 54.8 Å². The normalized spacial score (nSPS) is 10.6. The number of aryl methyl sites for hydroxylation is 2. The van der Waals surface area contributed by atoms with Gasteiger partial charge in [0.1, 0.15) is 12.4 Å². The highest BCUT2D eigenvalue weighted by atomic mass is 35.5. The molecular formula is C23H22ClNO4. The Morgan fingerprint density at radius 2 is 1.83 bits per heavy atom. The Hall–Kier alpha value is -3.05. The van der Waals surface area contributed by atoms with Crippen molar-refractivity contribution in [3.8, 4) is 5.75 Å². The molecule has 0 saturated heterocycles. The van der Waals surface area contributed by atoms with Gasteiger partial charge >= 0.3 is 5.97 Å². The number of hydrogen-bond donors (Lipinski definition) is 0. The summed E-state index contributed by atoms with van der Waals surface area (Å²) in [5, 5.41) is 0.485. The minimum atomic E-state index is -0.377. The van der Waals surface area contributed by atoms with Gasteiger partial charge in [-0.15, -0.1) is 0 Å². The molecule has 1 heterocycles. The number of carbonyl (C=O) groups excluding carboxylic acids is 1. The molecule has 2 aromatic carbocycles. The Morgan fingerprint density at radius 1 is 1.07 bits per heavy atom. The lowest BCUT2D eigenvalue weighted by molar-refractivity contribution is 0.0600. The topological polar surface area (TPSA) is 57.5 Å². The molecule has 0 aliphatic rings. The summed E-state index contributed by atoms with van der Waals surface area (Å²) < 4.78 is 12.2. The Morgan fingerprint density at radius 3 is 2.52 bits per heavy atom. The number of aromatic nitrogens is 1. The summed E-state index contributed by atoms with van der Waals surface area (Å²) >= 11 is 6.36. The first-order valence-corrected chi connectivity index (χ1v) is 9.60. The van der Waals surface area contributed by atoms with Crippen molar-refractivity contribution in [2.75, 3.05) is 7.11 Å². The maximum atomic E-state index is 12.4. The van der Waals surface area contributed by atoms with Gasteiger partial charge in [0.05, 0.1) is 23.4 Å². The van der Waals surface area contributed by atoms with Crippen LogP contribution in [0.1, 0.15) is 27.2 Å². The quantitative estimate of drug-likeness (QED) is 0.540. The van der Waals surface area contributed by atoms with E-state index in [2.05, 4.69) is 0 Å². The molecule has 6 heteroatoms. The fraction of sp³-hybridized carbons (Fsp3) is 0.217. The van der Waals surface area contributed by atoms with Crippen LogP contribution in [0.15, 0.2) is 65.5 Å². The average molecular weight is 412 g/mol.